The lowest BCUT2D eigenvalue weighted by molar-refractivity contribution is -0.155. The van der Waals surface area contributed by atoms with Gasteiger partial charge in [-0.15, -0.1) is 0 Å². The molecular formula is C10H20N6O8. The number of nitrogens with two attached hydrogens (primary N) is 4. The van der Waals surface area contributed by atoms with Gasteiger partial charge in [-0.2, -0.15) is 0 Å². The molecule has 0 saturated heterocycles. The molecule has 14 heteroatoms. The standard InChI is InChI=1S/C10H20N6O8/c11-3(7(17)18)15(4(12)8(19)20)1-2-16(5(13)9(21)22)6(14)10(23)24/h3-6H,1-2,11-14H2,(H,17,18)(H,19,20)(H,21,22)(H,23,24). The highest BCUT2D eigenvalue weighted by molar-refractivity contribution is 5.77. The Kier molecular flexibility index (Phi) is 8.17. The number of hydrogen-bond acceptors (Lipinski definition) is 10. The number of carboxylic acids is 4. The molecule has 0 fully saturated rings. The van der Waals surface area contributed by atoms with Gasteiger partial charge in [-0.05, 0) is 0 Å². The highest BCUT2D eigenvalue weighted by atomic mass is 16.4. The fourth-order valence-corrected chi connectivity index (χ4v) is 1.70. The molecule has 0 aromatic rings. The van der Waals surface area contributed by atoms with Gasteiger partial charge in [-0.3, -0.25) is 9.80 Å². The molecule has 0 radical (unpaired) electrons. The molecule has 0 aromatic heterocycles. The van der Waals surface area contributed by atoms with Crippen molar-refractivity contribution in [2.75, 3.05) is 13.1 Å². The Hall–Kier alpha value is -2.36. The van der Waals surface area contributed by atoms with Gasteiger partial charge in [0.2, 0.25) is 0 Å². The van der Waals surface area contributed by atoms with E-state index < -0.39 is 61.6 Å². The van der Waals surface area contributed by atoms with Gasteiger partial charge in [0.05, 0.1) is 0 Å². The molecule has 0 rings (SSSR count). The second kappa shape index (κ2) is 9.06. The van der Waals surface area contributed by atoms with Gasteiger partial charge in [0.25, 0.3) is 0 Å². The van der Waals surface area contributed by atoms with E-state index in [9.17, 15) is 19.2 Å². The van der Waals surface area contributed by atoms with Crippen molar-refractivity contribution in [3.05, 3.63) is 0 Å². The van der Waals surface area contributed by atoms with Crippen LogP contribution in [0, 0.1) is 0 Å². The van der Waals surface area contributed by atoms with E-state index in [1.165, 1.54) is 0 Å². The van der Waals surface area contributed by atoms with Crippen molar-refractivity contribution in [1.29, 1.82) is 0 Å². The molecule has 0 saturated carbocycles. The lowest BCUT2D eigenvalue weighted by atomic mass is 10.3. The normalized spacial score (nSPS) is 16.4. The zero-order valence-electron chi connectivity index (χ0n) is 12.3. The van der Waals surface area contributed by atoms with E-state index >= 15 is 0 Å². The number of nitrogens with zero attached hydrogens (tertiary/aromatic N) is 2. The van der Waals surface area contributed by atoms with Gasteiger partial charge in [0, 0.05) is 13.1 Å². The summed E-state index contributed by atoms with van der Waals surface area (Å²) in [6.45, 7) is -1.05. The first-order chi connectivity index (χ1) is 10.9. The molecule has 0 amide bonds. The number of rotatable bonds is 11. The molecule has 0 aliphatic heterocycles. The third-order valence-corrected chi connectivity index (χ3v) is 3.06. The average Bonchev–Trinajstić information content (AvgIpc) is 2.48. The van der Waals surface area contributed by atoms with Crippen LogP contribution in [0.15, 0.2) is 0 Å². The maximum Gasteiger partial charge on any atom is 0.335 e. The van der Waals surface area contributed by atoms with E-state index in [0.29, 0.717) is 9.80 Å². The number of carboxylic acid groups (broad SMARTS) is 4. The van der Waals surface area contributed by atoms with Crippen molar-refractivity contribution < 1.29 is 39.6 Å². The zero-order chi connectivity index (χ0) is 19.2. The van der Waals surface area contributed by atoms with Crippen LogP contribution in [0.25, 0.3) is 0 Å². The Labute approximate surface area is 135 Å². The summed E-state index contributed by atoms with van der Waals surface area (Å²) in [6, 6.07) is 0. The average molecular weight is 352 g/mol. The summed E-state index contributed by atoms with van der Waals surface area (Å²) in [5.41, 5.74) is 21.3. The summed E-state index contributed by atoms with van der Waals surface area (Å²) in [7, 11) is 0. The first-order valence-corrected chi connectivity index (χ1v) is 6.36. The topological polar surface area (TPSA) is 260 Å². The van der Waals surface area contributed by atoms with Gasteiger partial charge >= 0.3 is 23.9 Å². The molecule has 12 N–H and O–H groups in total. The lowest BCUT2D eigenvalue weighted by Gasteiger charge is -2.34. The first kappa shape index (κ1) is 21.6. The predicted octanol–water partition coefficient (Wildman–Crippen LogP) is -4.93. The van der Waals surface area contributed by atoms with E-state index in [4.69, 9.17) is 43.4 Å². The molecule has 138 valence electrons. The largest absolute Gasteiger partial charge is 0.479 e. The van der Waals surface area contributed by atoms with Crippen LogP contribution in [0.5, 0.6) is 0 Å². The van der Waals surface area contributed by atoms with Crippen molar-refractivity contribution in [2.24, 2.45) is 22.9 Å². The van der Waals surface area contributed by atoms with Crippen LogP contribution in [0.1, 0.15) is 0 Å². The SMILES string of the molecule is NC(C(=O)O)N(CCN(C(N)C(=O)O)C(N)C(=O)O)C(N)C(=O)O. The molecule has 0 heterocycles. The van der Waals surface area contributed by atoms with Crippen molar-refractivity contribution in [1.82, 2.24) is 9.80 Å². The molecule has 0 spiro atoms. The second-order valence-corrected chi connectivity index (χ2v) is 4.61. The second-order valence-electron chi connectivity index (χ2n) is 4.61. The van der Waals surface area contributed by atoms with Crippen LogP contribution in [-0.2, 0) is 19.2 Å². The highest BCUT2D eigenvalue weighted by Crippen LogP contribution is 2.04. The molecule has 4 unspecified atom stereocenters. The third-order valence-electron chi connectivity index (χ3n) is 3.06. The zero-order valence-corrected chi connectivity index (χ0v) is 12.3. The summed E-state index contributed by atoms with van der Waals surface area (Å²) >= 11 is 0. The fraction of sp³-hybridized carbons (Fsp3) is 0.600. The Morgan fingerprint density at radius 2 is 0.750 bits per heavy atom. The highest BCUT2D eigenvalue weighted by Gasteiger charge is 2.34. The summed E-state index contributed by atoms with van der Waals surface area (Å²) in [5.74, 6) is -6.38. The van der Waals surface area contributed by atoms with Crippen LogP contribution >= 0.6 is 0 Å². The minimum Gasteiger partial charge on any atom is -0.479 e. The maximum atomic E-state index is 10.9. The van der Waals surface area contributed by atoms with Crippen LogP contribution in [0.2, 0.25) is 0 Å². The lowest BCUT2D eigenvalue weighted by Crippen LogP contribution is -2.63. The quantitative estimate of drug-likeness (QED) is 0.162. The van der Waals surface area contributed by atoms with Crippen molar-refractivity contribution in [3.63, 3.8) is 0 Å². The maximum absolute atomic E-state index is 10.9. The molecular weight excluding hydrogens is 332 g/mol. The molecule has 24 heavy (non-hydrogen) atoms. The van der Waals surface area contributed by atoms with Gasteiger partial charge in [-0.1, -0.05) is 0 Å². The van der Waals surface area contributed by atoms with E-state index in [1.807, 2.05) is 0 Å². The minimum absolute atomic E-state index is 0.525. The van der Waals surface area contributed by atoms with Crippen LogP contribution in [0.4, 0.5) is 0 Å². The van der Waals surface area contributed by atoms with Gasteiger partial charge in [0.15, 0.2) is 24.7 Å². The molecule has 0 bridgehead atoms. The Bertz CT molecular complexity index is 418. The smallest absolute Gasteiger partial charge is 0.335 e. The van der Waals surface area contributed by atoms with Crippen molar-refractivity contribution in [2.45, 2.75) is 24.7 Å². The molecule has 0 aliphatic rings. The van der Waals surface area contributed by atoms with Crippen LogP contribution in [0.3, 0.4) is 0 Å². The Morgan fingerprint density at radius 1 is 0.583 bits per heavy atom. The van der Waals surface area contributed by atoms with Gasteiger partial charge in [-0.25, -0.2) is 19.2 Å². The van der Waals surface area contributed by atoms with Crippen molar-refractivity contribution in [3.8, 4) is 0 Å². The minimum atomic E-state index is -1.83. The number of carbonyl (C=O) groups is 4. The summed E-state index contributed by atoms with van der Waals surface area (Å²) in [5, 5.41) is 35.5. The van der Waals surface area contributed by atoms with Crippen molar-refractivity contribution >= 4 is 23.9 Å². The van der Waals surface area contributed by atoms with E-state index in [0.717, 1.165) is 0 Å². The third kappa shape index (κ3) is 5.69. The summed E-state index contributed by atoms with van der Waals surface area (Å²) in [6.07, 6.45) is -7.33. The summed E-state index contributed by atoms with van der Waals surface area (Å²) in [4.78, 5) is 44.9. The van der Waals surface area contributed by atoms with E-state index in [-0.39, 0.29) is 0 Å². The fourth-order valence-electron chi connectivity index (χ4n) is 1.70. The predicted molar refractivity (Wildman–Crippen MR) is 75.9 cm³/mol. The molecule has 0 aliphatic carbocycles. The van der Waals surface area contributed by atoms with Gasteiger partial charge < -0.3 is 43.4 Å². The Morgan fingerprint density at radius 3 is 0.875 bits per heavy atom. The molecule has 4 atom stereocenters. The van der Waals surface area contributed by atoms with E-state index in [2.05, 4.69) is 0 Å². The Balaban J connectivity index is 5.36. The molecule has 0 aromatic carbocycles. The van der Waals surface area contributed by atoms with Crippen LogP contribution < -0.4 is 22.9 Å². The number of aliphatic carboxylic acids is 4. The van der Waals surface area contributed by atoms with Gasteiger partial charge in [0.1, 0.15) is 0 Å². The first-order valence-electron chi connectivity index (χ1n) is 6.36. The van der Waals surface area contributed by atoms with Crippen LogP contribution in [-0.4, -0.2) is 91.9 Å². The van der Waals surface area contributed by atoms with E-state index in [1.54, 1.807) is 0 Å². The number of hydrogen-bond donors (Lipinski definition) is 8. The molecule has 14 nitrogen and oxygen atoms in total. The summed E-state index contributed by atoms with van der Waals surface area (Å²) < 4.78 is 0. The monoisotopic (exact) mass is 352 g/mol.